The van der Waals surface area contributed by atoms with Crippen LogP contribution in [0.5, 0.6) is 0 Å². The van der Waals surface area contributed by atoms with E-state index in [4.69, 9.17) is 11.6 Å². The molecule has 1 fully saturated rings. The highest BCUT2D eigenvalue weighted by Crippen LogP contribution is 2.22. The Labute approximate surface area is 133 Å². The number of aliphatic hydroxyl groups excluding tert-OH is 1. The number of aliphatic hydroxyl groups is 1. The lowest BCUT2D eigenvalue weighted by molar-refractivity contribution is -0.144. The monoisotopic (exact) mass is 328 g/mol. The molecule has 1 saturated heterocycles. The normalized spacial score (nSPS) is 17.2. The average molecular weight is 329 g/mol. The van der Waals surface area contributed by atoms with E-state index in [1.54, 1.807) is 6.92 Å². The maximum atomic E-state index is 13.6. The van der Waals surface area contributed by atoms with Crippen LogP contribution in [0.4, 0.5) is 10.1 Å². The zero-order chi connectivity index (χ0) is 16.3. The maximum Gasteiger partial charge on any atom is 0.313 e. The Bertz CT molecular complexity index is 572. The van der Waals surface area contributed by atoms with E-state index < -0.39 is 23.7 Å². The molecule has 7 heteroatoms. The van der Waals surface area contributed by atoms with Crippen molar-refractivity contribution in [3.05, 3.63) is 29.0 Å². The molecule has 0 spiro atoms. The Kier molecular flexibility index (Phi) is 5.37. The van der Waals surface area contributed by atoms with Crippen molar-refractivity contribution >= 4 is 29.1 Å². The van der Waals surface area contributed by atoms with Gasteiger partial charge in [-0.25, -0.2) is 4.39 Å². The molecule has 2 rings (SSSR count). The van der Waals surface area contributed by atoms with Crippen LogP contribution in [0.25, 0.3) is 0 Å². The summed E-state index contributed by atoms with van der Waals surface area (Å²) in [5.41, 5.74) is -0.0818. The first-order chi connectivity index (χ1) is 10.4. The number of hydrogen-bond donors (Lipinski definition) is 2. The number of piperidine rings is 1. The van der Waals surface area contributed by atoms with Crippen molar-refractivity contribution in [3.63, 3.8) is 0 Å². The van der Waals surface area contributed by atoms with Crippen molar-refractivity contribution in [1.29, 1.82) is 0 Å². The van der Waals surface area contributed by atoms with Crippen LogP contribution >= 0.6 is 11.6 Å². The van der Waals surface area contributed by atoms with Gasteiger partial charge >= 0.3 is 11.8 Å². The second kappa shape index (κ2) is 7.07. The van der Waals surface area contributed by atoms with Gasteiger partial charge in [0.05, 0.1) is 11.8 Å². The van der Waals surface area contributed by atoms with Gasteiger partial charge in [-0.05, 0) is 43.9 Å². The van der Waals surface area contributed by atoms with Gasteiger partial charge in [-0.1, -0.05) is 11.6 Å². The van der Waals surface area contributed by atoms with Gasteiger partial charge in [0.1, 0.15) is 5.82 Å². The maximum absolute atomic E-state index is 13.6. The molecule has 1 heterocycles. The summed E-state index contributed by atoms with van der Waals surface area (Å²) in [6.45, 7) is 2.54. The number of anilines is 1. The number of rotatable bonds is 2. The predicted octanol–water partition coefficient (Wildman–Crippen LogP) is 2.04. The molecule has 2 N–H and O–H groups in total. The summed E-state index contributed by atoms with van der Waals surface area (Å²) in [6, 6.07) is 3.80. The number of carbonyl (C=O) groups excluding carboxylic acids is 2. The minimum absolute atomic E-state index is 0.0818. The number of hydrogen-bond acceptors (Lipinski definition) is 3. The molecule has 22 heavy (non-hydrogen) atoms. The Morgan fingerprint density at radius 1 is 1.41 bits per heavy atom. The molecule has 5 nitrogen and oxygen atoms in total. The van der Waals surface area contributed by atoms with E-state index in [-0.39, 0.29) is 16.6 Å². The highest BCUT2D eigenvalue weighted by atomic mass is 35.5. The fourth-order valence-corrected chi connectivity index (χ4v) is 2.65. The summed E-state index contributed by atoms with van der Waals surface area (Å²) in [5.74, 6) is -2.13. The molecule has 2 amide bonds. The molecule has 0 saturated carbocycles. The Morgan fingerprint density at radius 3 is 2.59 bits per heavy atom. The van der Waals surface area contributed by atoms with E-state index >= 15 is 0 Å². The highest BCUT2D eigenvalue weighted by molar-refractivity contribution is 6.39. The van der Waals surface area contributed by atoms with Crippen molar-refractivity contribution in [2.45, 2.75) is 25.9 Å². The van der Waals surface area contributed by atoms with Crippen LogP contribution in [0.2, 0.25) is 5.02 Å². The van der Waals surface area contributed by atoms with E-state index in [0.29, 0.717) is 25.9 Å². The molecule has 1 unspecified atom stereocenters. The fraction of sp³-hybridized carbons (Fsp3) is 0.467. The molecule has 1 atom stereocenters. The van der Waals surface area contributed by atoms with Crippen LogP contribution in [-0.2, 0) is 9.59 Å². The number of nitrogens with one attached hydrogen (secondary N) is 1. The zero-order valence-corrected chi connectivity index (χ0v) is 12.9. The van der Waals surface area contributed by atoms with Crippen molar-refractivity contribution < 1.29 is 19.1 Å². The van der Waals surface area contributed by atoms with Crippen LogP contribution in [0.3, 0.4) is 0 Å². The molecule has 1 aromatic carbocycles. The molecule has 0 aliphatic carbocycles. The standard InChI is InChI=1S/C15H18ClFN2O3/c1-9(20)10-4-6-19(7-5-10)15(22)14(21)18-13-3-2-11(16)8-12(13)17/h2-3,8-10,20H,4-7H2,1H3,(H,18,21). The van der Waals surface area contributed by atoms with Gasteiger partial charge in [0.15, 0.2) is 0 Å². The lowest BCUT2D eigenvalue weighted by atomic mass is 9.92. The van der Waals surface area contributed by atoms with Gasteiger partial charge in [-0.3, -0.25) is 9.59 Å². The van der Waals surface area contributed by atoms with Crippen molar-refractivity contribution in [3.8, 4) is 0 Å². The molecule has 0 bridgehead atoms. The largest absolute Gasteiger partial charge is 0.393 e. The molecule has 0 radical (unpaired) electrons. The third-order valence-electron chi connectivity index (χ3n) is 3.88. The summed E-state index contributed by atoms with van der Waals surface area (Å²) in [5, 5.41) is 12.0. The van der Waals surface area contributed by atoms with Crippen LogP contribution in [0, 0.1) is 11.7 Å². The van der Waals surface area contributed by atoms with E-state index in [0.717, 1.165) is 6.07 Å². The molecule has 1 aliphatic rings. The van der Waals surface area contributed by atoms with Crippen molar-refractivity contribution in [2.75, 3.05) is 18.4 Å². The lowest BCUT2D eigenvalue weighted by Crippen LogP contribution is -2.45. The number of amides is 2. The molecule has 1 aromatic rings. The Hall–Kier alpha value is -1.66. The first kappa shape index (κ1) is 16.7. The number of nitrogens with zero attached hydrogens (tertiary/aromatic N) is 1. The zero-order valence-electron chi connectivity index (χ0n) is 12.2. The molecule has 0 aromatic heterocycles. The SMILES string of the molecule is CC(O)C1CCN(C(=O)C(=O)Nc2ccc(Cl)cc2F)CC1. The molecule has 120 valence electrons. The second-order valence-electron chi connectivity index (χ2n) is 5.45. The summed E-state index contributed by atoms with van der Waals surface area (Å²) < 4.78 is 13.6. The fourth-order valence-electron chi connectivity index (χ4n) is 2.50. The predicted molar refractivity (Wildman–Crippen MR) is 81.0 cm³/mol. The van der Waals surface area contributed by atoms with E-state index in [2.05, 4.69) is 5.32 Å². The molecular weight excluding hydrogens is 311 g/mol. The minimum Gasteiger partial charge on any atom is -0.393 e. The lowest BCUT2D eigenvalue weighted by Gasteiger charge is -2.32. The van der Waals surface area contributed by atoms with Crippen molar-refractivity contribution in [2.24, 2.45) is 5.92 Å². The summed E-state index contributed by atoms with van der Waals surface area (Å²) in [4.78, 5) is 25.4. The van der Waals surface area contributed by atoms with Gasteiger partial charge in [0.25, 0.3) is 0 Å². The highest BCUT2D eigenvalue weighted by Gasteiger charge is 2.29. The summed E-state index contributed by atoms with van der Waals surface area (Å²) >= 11 is 5.63. The third kappa shape index (κ3) is 3.96. The van der Waals surface area contributed by atoms with Gasteiger partial charge in [0.2, 0.25) is 0 Å². The molecule has 1 aliphatic heterocycles. The average Bonchev–Trinajstić information content (AvgIpc) is 2.49. The number of halogens is 2. The van der Waals surface area contributed by atoms with Gasteiger partial charge in [0, 0.05) is 18.1 Å². The van der Waals surface area contributed by atoms with Gasteiger partial charge in [-0.15, -0.1) is 0 Å². The first-order valence-corrected chi connectivity index (χ1v) is 7.49. The minimum atomic E-state index is -0.878. The van der Waals surface area contributed by atoms with Crippen LogP contribution in [0.1, 0.15) is 19.8 Å². The topological polar surface area (TPSA) is 69.6 Å². The second-order valence-corrected chi connectivity index (χ2v) is 5.88. The van der Waals surface area contributed by atoms with Crippen LogP contribution in [-0.4, -0.2) is 41.0 Å². The summed E-state index contributed by atoms with van der Waals surface area (Å²) in [7, 11) is 0. The van der Waals surface area contributed by atoms with E-state index in [1.165, 1.54) is 17.0 Å². The number of carbonyl (C=O) groups is 2. The number of likely N-dealkylation sites (tertiary alicyclic amines) is 1. The summed E-state index contributed by atoms with van der Waals surface area (Å²) in [6.07, 6.45) is 0.868. The van der Waals surface area contributed by atoms with Gasteiger partial charge in [-0.2, -0.15) is 0 Å². The quantitative estimate of drug-likeness (QED) is 0.816. The number of benzene rings is 1. The Morgan fingerprint density at radius 2 is 2.05 bits per heavy atom. The van der Waals surface area contributed by atoms with Gasteiger partial charge < -0.3 is 15.3 Å². The third-order valence-corrected chi connectivity index (χ3v) is 4.12. The van der Waals surface area contributed by atoms with E-state index in [9.17, 15) is 19.1 Å². The smallest absolute Gasteiger partial charge is 0.313 e. The first-order valence-electron chi connectivity index (χ1n) is 7.12. The van der Waals surface area contributed by atoms with Crippen LogP contribution in [0.15, 0.2) is 18.2 Å². The van der Waals surface area contributed by atoms with Crippen molar-refractivity contribution in [1.82, 2.24) is 4.90 Å². The molecular formula is C15H18ClFN2O3. The van der Waals surface area contributed by atoms with Crippen LogP contribution < -0.4 is 5.32 Å². The Balaban J connectivity index is 1.94. The van der Waals surface area contributed by atoms with E-state index in [1.807, 2.05) is 0 Å².